The van der Waals surface area contributed by atoms with Gasteiger partial charge in [0.1, 0.15) is 19.6 Å². The van der Waals surface area contributed by atoms with Gasteiger partial charge in [-0.25, -0.2) is 0 Å². The normalized spacial score (nSPS) is 18.6. The monoisotopic (exact) mass is 285 g/mol. The molecular weight excluding hydrogens is 248 g/mol. The molecule has 0 unspecified atom stereocenters. The van der Waals surface area contributed by atoms with Gasteiger partial charge in [0, 0.05) is 6.54 Å². The molecule has 0 atom stereocenters. The van der Waals surface area contributed by atoms with Crippen molar-refractivity contribution in [3.05, 3.63) is 0 Å². The van der Waals surface area contributed by atoms with Gasteiger partial charge in [0.15, 0.2) is 0 Å². The van der Waals surface area contributed by atoms with E-state index in [9.17, 15) is 0 Å². The van der Waals surface area contributed by atoms with E-state index >= 15 is 0 Å². The zero-order valence-electron chi connectivity index (χ0n) is 15.0. The molecular formula is C17H37N2O+. The first-order chi connectivity index (χ1) is 9.06. The van der Waals surface area contributed by atoms with E-state index in [1.54, 1.807) is 0 Å². The van der Waals surface area contributed by atoms with Gasteiger partial charge in [-0.15, -0.1) is 0 Å². The highest BCUT2D eigenvalue weighted by Gasteiger charge is 2.51. The second-order valence-corrected chi connectivity index (χ2v) is 8.71. The zero-order valence-corrected chi connectivity index (χ0v) is 15.0. The van der Waals surface area contributed by atoms with Crippen molar-refractivity contribution in [2.24, 2.45) is 5.41 Å². The van der Waals surface area contributed by atoms with Crippen LogP contribution in [-0.2, 0) is 4.74 Å². The molecule has 20 heavy (non-hydrogen) atoms. The molecule has 1 aliphatic heterocycles. The maximum Gasteiger partial charge on any atom is 0.129 e. The summed E-state index contributed by atoms with van der Waals surface area (Å²) in [5.41, 5.74) is 0.810. The lowest BCUT2D eigenvalue weighted by Gasteiger charge is -2.32. The molecule has 1 heterocycles. The minimum Gasteiger partial charge on any atom is -0.374 e. The van der Waals surface area contributed by atoms with E-state index in [0.29, 0.717) is 11.0 Å². The Kier molecular flexibility index (Phi) is 6.06. The fourth-order valence-corrected chi connectivity index (χ4v) is 2.55. The minimum absolute atomic E-state index is 0.382. The second-order valence-electron chi connectivity index (χ2n) is 8.71. The van der Waals surface area contributed by atoms with Crippen molar-refractivity contribution >= 4 is 0 Å². The molecule has 0 amide bonds. The molecule has 1 aliphatic rings. The van der Waals surface area contributed by atoms with Crippen LogP contribution in [0.25, 0.3) is 0 Å². The van der Waals surface area contributed by atoms with E-state index in [-0.39, 0.29) is 0 Å². The van der Waals surface area contributed by atoms with Crippen LogP contribution in [-0.4, -0.2) is 67.9 Å². The third-order valence-electron chi connectivity index (χ3n) is 4.71. The molecule has 0 N–H and O–H groups in total. The average molecular weight is 285 g/mol. The number of hydrogen-bond acceptors (Lipinski definition) is 2. The van der Waals surface area contributed by atoms with Crippen molar-refractivity contribution in [1.29, 1.82) is 0 Å². The number of rotatable bonds is 8. The molecule has 1 rings (SSSR count). The van der Waals surface area contributed by atoms with E-state index in [2.05, 4.69) is 53.5 Å². The van der Waals surface area contributed by atoms with Gasteiger partial charge in [-0.05, 0) is 46.2 Å². The lowest BCUT2D eigenvalue weighted by Crippen LogP contribution is -2.46. The summed E-state index contributed by atoms with van der Waals surface area (Å²) in [6.45, 7) is 21.8. The summed E-state index contributed by atoms with van der Waals surface area (Å²) >= 11 is 0. The maximum atomic E-state index is 5.85. The number of hydrogen-bond donors (Lipinski definition) is 0. The van der Waals surface area contributed by atoms with Gasteiger partial charge in [0.2, 0.25) is 0 Å². The first-order valence-corrected chi connectivity index (χ1v) is 8.18. The molecule has 0 aromatic heterocycles. The Bertz CT molecular complexity index is 284. The highest BCUT2D eigenvalue weighted by Crippen LogP contribution is 2.33. The largest absolute Gasteiger partial charge is 0.374 e. The fourth-order valence-electron chi connectivity index (χ4n) is 2.55. The third-order valence-corrected chi connectivity index (χ3v) is 4.71. The SMILES string of the molecule is CN(CCOCC[N+]1(C(C)(C)C)CC1)CCC(C)(C)C. The van der Waals surface area contributed by atoms with Gasteiger partial charge >= 0.3 is 0 Å². The number of ether oxygens (including phenoxy) is 1. The molecule has 3 heteroatoms. The first kappa shape index (κ1) is 17.9. The molecule has 3 nitrogen and oxygen atoms in total. The van der Waals surface area contributed by atoms with Gasteiger partial charge in [-0.2, -0.15) is 0 Å². The van der Waals surface area contributed by atoms with Gasteiger partial charge in [-0.1, -0.05) is 20.8 Å². The Morgan fingerprint density at radius 3 is 2.00 bits per heavy atom. The van der Waals surface area contributed by atoms with E-state index < -0.39 is 0 Å². The van der Waals surface area contributed by atoms with Crippen molar-refractivity contribution in [2.75, 3.05) is 53.0 Å². The predicted molar refractivity (Wildman–Crippen MR) is 87.0 cm³/mol. The second kappa shape index (κ2) is 6.76. The zero-order chi connectivity index (χ0) is 15.4. The molecule has 0 aromatic carbocycles. The highest BCUT2D eigenvalue weighted by atomic mass is 16.5. The van der Waals surface area contributed by atoms with E-state index in [1.807, 2.05) is 0 Å². The van der Waals surface area contributed by atoms with Crippen molar-refractivity contribution in [3.63, 3.8) is 0 Å². The van der Waals surface area contributed by atoms with Gasteiger partial charge in [0.25, 0.3) is 0 Å². The van der Waals surface area contributed by atoms with Crippen molar-refractivity contribution in [1.82, 2.24) is 4.90 Å². The van der Waals surface area contributed by atoms with Crippen LogP contribution in [0.3, 0.4) is 0 Å². The summed E-state index contributed by atoms with van der Waals surface area (Å²) in [4.78, 5) is 2.39. The predicted octanol–water partition coefficient (Wildman–Crippen LogP) is 3.00. The summed E-state index contributed by atoms with van der Waals surface area (Å²) in [7, 11) is 2.20. The smallest absolute Gasteiger partial charge is 0.129 e. The Balaban J connectivity index is 2.05. The summed E-state index contributed by atoms with van der Waals surface area (Å²) < 4.78 is 7.09. The quantitative estimate of drug-likeness (QED) is 0.386. The van der Waals surface area contributed by atoms with E-state index in [0.717, 1.165) is 26.3 Å². The van der Waals surface area contributed by atoms with Crippen molar-refractivity contribution in [3.8, 4) is 0 Å². The Hall–Kier alpha value is -0.120. The van der Waals surface area contributed by atoms with Crippen LogP contribution < -0.4 is 0 Å². The Morgan fingerprint density at radius 1 is 0.950 bits per heavy atom. The molecule has 0 aromatic rings. The van der Waals surface area contributed by atoms with Crippen LogP contribution >= 0.6 is 0 Å². The van der Waals surface area contributed by atoms with Crippen LogP contribution in [0.5, 0.6) is 0 Å². The fraction of sp³-hybridized carbons (Fsp3) is 1.00. The first-order valence-electron chi connectivity index (χ1n) is 8.18. The van der Waals surface area contributed by atoms with Gasteiger partial charge < -0.3 is 14.1 Å². The summed E-state index contributed by atoms with van der Waals surface area (Å²) in [5, 5.41) is 0. The molecule has 1 fully saturated rings. The summed E-state index contributed by atoms with van der Waals surface area (Å²) in [6, 6.07) is 0. The van der Waals surface area contributed by atoms with Gasteiger partial charge in [-0.3, -0.25) is 0 Å². The summed E-state index contributed by atoms with van der Waals surface area (Å²) in [6.07, 6.45) is 1.24. The van der Waals surface area contributed by atoms with E-state index in [1.165, 1.54) is 30.5 Å². The summed E-state index contributed by atoms with van der Waals surface area (Å²) in [5.74, 6) is 0. The highest BCUT2D eigenvalue weighted by molar-refractivity contribution is 4.72. The van der Waals surface area contributed by atoms with Crippen LogP contribution in [0.1, 0.15) is 48.0 Å². The minimum atomic E-state index is 0.382. The number of quaternary nitrogens is 1. The van der Waals surface area contributed by atoms with Gasteiger partial charge in [0.05, 0.1) is 18.8 Å². The lowest BCUT2D eigenvalue weighted by molar-refractivity contribution is -0.851. The van der Waals surface area contributed by atoms with Crippen LogP contribution in [0.15, 0.2) is 0 Å². The molecule has 0 bridgehead atoms. The van der Waals surface area contributed by atoms with E-state index in [4.69, 9.17) is 4.74 Å². The molecule has 1 saturated heterocycles. The number of nitrogens with zero attached hydrogens (tertiary/aromatic N) is 2. The number of likely N-dealkylation sites (N-methyl/N-ethyl adjacent to an activating group) is 1. The molecule has 0 aliphatic carbocycles. The molecule has 0 spiro atoms. The Labute approximate surface area is 126 Å². The third kappa shape index (κ3) is 6.11. The van der Waals surface area contributed by atoms with Crippen LogP contribution in [0.4, 0.5) is 0 Å². The molecule has 0 saturated carbocycles. The Morgan fingerprint density at radius 2 is 1.55 bits per heavy atom. The van der Waals surface area contributed by atoms with Crippen LogP contribution in [0.2, 0.25) is 0 Å². The molecule has 0 radical (unpaired) electrons. The standard InChI is InChI=1S/C17H37N2O/c1-16(2,3)8-9-18(7)10-14-20-15-13-19(11-12-19)17(4,5)6/h8-15H2,1-7H3/q+1. The maximum absolute atomic E-state index is 5.85. The topological polar surface area (TPSA) is 12.5 Å². The average Bonchev–Trinajstić information content (AvgIpc) is 3.05. The lowest BCUT2D eigenvalue weighted by atomic mass is 9.92. The van der Waals surface area contributed by atoms with Crippen molar-refractivity contribution in [2.45, 2.75) is 53.5 Å². The molecule has 120 valence electrons. The van der Waals surface area contributed by atoms with Crippen LogP contribution in [0, 0.1) is 5.41 Å². The van der Waals surface area contributed by atoms with Crippen molar-refractivity contribution < 1.29 is 9.22 Å².